The van der Waals surface area contributed by atoms with Crippen molar-refractivity contribution < 1.29 is 4.12 Å². The molecular weight excluding hydrogens is 206 g/mol. The van der Waals surface area contributed by atoms with Gasteiger partial charge >= 0.3 is 0 Å². The zero-order valence-electron chi connectivity index (χ0n) is 9.16. The minimum absolute atomic E-state index is 0.689. The summed E-state index contributed by atoms with van der Waals surface area (Å²) in [5.74, 6) is 0. The highest BCUT2D eigenvalue weighted by Gasteiger charge is 2.22. The van der Waals surface area contributed by atoms with Gasteiger partial charge in [-0.05, 0) is 24.8 Å². The van der Waals surface area contributed by atoms with Gasteiger partial charge in [-0.2, -0.15) is 0 Å². The fraction of sp³-hybridized carbons (Fsp3) is 0.400. The van der Waals surface area contributed by atoms with Gasteiger partial charge in [0, 0.05) is 6.17 Å². The summed E-state index contributed by atoms with van der Waals surface area (Å²) in [7, 11) is -2.80. The second kappa shape index (κ2) is 4.88. The van der Waals surface area contributed by atoms with E-state index in [-0.39, 0.29) is 0 Å². The molecular formula is C10H19NOSi2. The van der Waals surface area contributed by atoms with E-state index in [1.54, 1.807) is 0 Å². The van der Waals surface area contributed by atoms with Crippen LogP contribution in [0.25, 0.3) is 0 Å². The monoisotopic (exact) mass is 225 g/mol. The van der Waals surface area contributed by atoms with Gasteiger partial charge in [0.25, 0.3) is 0 Å². The summed E-state index contributed by atoms with van der Waals surface area (Å²) < 4.78 is 6.13. The Bertz CT molecular complexity index is 271. The van der Waals surface area contributed by atoms with Gasteiger partial charge in [0.1, 0.15) is 0 Å². The number of benzene rings is 1. The van der Waals surface area contributed by atoms with Gasteiger partial charge in [0.15, 0.2) is 8.32 Å². The van der Waals surface area contributed by atoms with Crippen molar-refractivity contribution in [2.24, 2.45) is 5.73 Å². The van der Waals surface area contributed by atoms with Gasteiger partial charge in [-0.3, -0.25) is 0 Å². The average molecular weight is 225 g/mol. The molecule has 0 aromatic heterocycles. The molecule has 1 atom stereocenters. The van der Waals surface area contributed by atoms with Crippen molar-refractivity contribution in [2.45, 2.75) is 19.6 Å². The van der Waals surface area contributed by atoms with Crippen molar-refractivity contribution in [3.8, 4) is 0 Å². The SMILES string of the molecule is C[Si](C)(C)O[SiH](CN)c1ccccc1. The zero-order valence-corrected chi connectivity index (χ0v) is 11.3. The molecule has 1 rings (SSSR count). The van der Waals surface area contributed by atoms with E-state index in [1.807, 2.05) is 6.07 Å². The zero-order chi connectivity index (χ0) is 10.6. The van der Waals surface area contributed by atoms with Crippen LogP contribution in [0.3, 0.4) is 0 Å². The number of nitrogens with two attached hydrogens (primary N) is 1. The van der Waals surface area contributed by atoms with Crippen LogP contribution in [0.4, 0.5) is 0 Å². The lowest BCUT2D eigenvalue weighted by atomic mass is 10.4. The molecule has 2 nitrogen and oxygen atoms in total. The first kappa shape index (κ1) is 11.6. The Balaban J connectivity index is 2.73. The fourth-order valence-electron chi connectivity index (χ4n) is 1.35. The van der Waals surface area contributed by atoms with Crippen LogP contribution in [0.2, 0.25) is 19.6 Å². The molecule has 0 amide bonds. The molecule has 0 aliphatic carbocycles. The highest BCUT2D eigenvalue weighted by atomic mass is 28.4. The van der Waals surface area contributed by atoms with E-state index in [9.17, 15) is 0 Å². The molecule has 14 heavy (non-hydrogen) atoms. The van der Waals surface area contributed by atoms with E-state index in [0.717, 1.165) is 0 Å². The van der Waals surface area contributed by atoms with Crippen LogP contribution in [0.5, 0.6) is 0 Å². The summed E-state index contributed by atoms with van der Waals surface area (Å²) in [6.45, 7) is 6.64. The number of rotatable bonds is 4. The van der Waals surface area contributed by atoms with E-state index in [2.05, 4.69) is 43.9 Å². The lowest BCUT2D eigenvalue weighted by Gasteiger charge is -2.24. The summed E-state index contributed by atoms with van der Waals surface area (Å²) in [6, 6.07) is 10.4. The van der Waals surface area contributed by atoms with Crippen LogP contribution in [-0.2, 0) is 4.12 Å². The summed E-state index contributed by atoms with van der Waals surface area (Å²) in [4.78, 5) is 0. The first-order valence-corrected chi connectivity index (χ1v) is 10.2. The van der Waals surface area contributed by atoms with Crippen molar-refractivity contribution in [1.82, 2.24) is 0 Å². The van der Waals surface area contributed by atoms with Crippen molar-refractivity contribution in [3.05, 3.63) is 30.3 Å². The third kappa shape index (κ3) is 3.75. The molecule has 2 N–H and O–H groups in total. The van der Waals surface area contributed by atoms with Crippen LogP contribution in [0.1, 0.15) is 0 Å². The summed E-state index contributed by atoms with van der Waals surface area (Å²) in [5.41, 5.74) is 5.77. The van der Waals surface area contributed by atoms with Crippen LogP contribution < -0.4 is 10.9 Å². The molecule has 0 heterocycles. The molecule has 0 radical (unpaired) electrons. The third-order valence-corrected chi connectivity index (χ3v) is 7.40. The van der Waals surface area contributed by atoms with E-state index >= 15 is 0 Å². The maximum atomic E-state index is 6.13. The highest BCUT2D eigenvalue weighted by Crippen LogP contribution is 2.04. The minimum atomic E-state index is -1.44. The van der Waals surface area contributed by atoms with E-state index in [1.165, 1.54) is 5.19 Å². The molecule has 0 saturated heterocycles. The Morgan fingerprint density at radius 1 is 1.21 bits per heavy atom. The molecule has 1 unspecified atom stereocenters. The first-order valence-electron chi connectivity index (χ1n) is 4.96. The van der Waals surface area contributed by atoms with Gasteiger partial charge in [-0.25, -0.2) is 0 Å². The standard InChI is InChI=1S/C10H19NOSi2/c1-14(2,3)12-13(9-11)10-7-5-4-6-8-10/h4-8,13H,9,11H2,1-3H3. The Kier molecular flexibility index (Phi) is 4.06. The van der Waals surface area contributed by atoms with Gasteiger partial charge in [-0.15, -0.1) is 0 Å². The molecule has 0 aliphatic heterocycles. The smallest absolute Gasteiger partial charge is 0.209 e. The maximum absolute atomic E-state index is 6.13. The molecule has 78 valence electrons. The van der Waals surface area contributed by atoms with Crippen LogP contribution >= 0.6 is 0 Å². The van der Waals surface area contributed by atoms with Crippen molar-refractivity contribution in [3.63, 3.8) is 0 Å². The molecule has 0 fully saturated rings. The van der Waals surface area contributed by atoms with Gasteiger partial charge in [0.05, 0.1) is 0 Å². The van der Waals surface area contributed by atoms with Crippen molar-refractivity contribution in [1.29, 1.82) is 0 Å². The van der Waals surface area contributed by atoms with E-state index < -0.39 is 17.4 Å². The van der Waals surface area contributed by atoms with Gasteiger partial charge in [0.2, 0.25) is 9.04 Å². The molecule has 1 aromatic carbocycles. The van der Waals surface area contributed by atoms with Crippen LogP contribution in [-0.4, -0.2) is 23.5 Å². The molecule has 4 heteroatoms. The Hall–Kier alpha value is -0.426. The van der Waals surface area contributed by atoms with Crippen LogP contribution in [0, 0.1) is 0 Å². The van der Waals surface area contributed by atoms with Crippen molar-refractivity contribution in [2.75, 3.05) is 6.17 Å². The minimum Gasteiger partial charge on any atom is -0.454 e. The molecule has 0 saturated carbocycles. The second-order valence-corrected chi connectivity index (χ2v) is 11.6. The lowest BCUT2D eigenvalue weighted by molar-refractivity contribution is 0.581. The first-order chi connectivity index (χ1) is 6.53. The number of hydrogen-bond acceptors (Lipinski definition) is 2. The second-order valence-electron chi connectivity index (χ2n) is 4.37. The molecule has 0 bridgehead atoms. The average Bonchev–Trinajstić information content (AvgIpc) is 2.14. The van der Waals surface area contributed by atoms with Crippen LogP contribution in [0.15, 0.2) is 30.3 Å². The molecule has 0 aliphatic rings. The van der Waals surface area contributed by atoms with Gasteiger partial charge in [-0.1, -0.05) is 30.3 Å². The largest absolute Gasteiger partial charge is 0.454 e. The van der Waals surface area contributed by atoms with Crippen molar-refractivity contribution >= 4 is 22.5 Å². The van der Waals surface area contributed by atoms with E-state index in [0.29, 0.717) is 6.17 Å². The summed E-state index contributed by atoms with van der Waals surface area (Å²) >= 11 is 0. The normalized spacial score (nSPS) is 14.0. The Morgan fingerprint density at radius 2 is 1.79 bits per heavy atom. The highest BCUT2D eigenvalue weighted by molar-refractivity contribution is 6.81. The number of hydrogen-bond donors (Lipinski definition) is 1. The Labute approximate surface area is 88.9 Å². The fourth-order valence-corrected chi connectivity index (χ4v) is 6.61. The van der Waals surface area contributed by atoms with Gasteiger partial charge < -0.3 is 9.85 Å². The third-order valence-electron chi connectivity index (χ3n) is 1.88. The topological polar surface area (TPSA) is 35.2 Å². The lowest BCUT2D eigenvalue weighted by Crippen LogP contribution is -2.47. The molecule has 1 aromatic rings. The predicted molar refractivity (Wildman–Crippen MR) is 66.7 cm³/mol. The maximum Gasteiger partial charge on any atom is 0.209 e. The van der Waals surface area contributed by atoms with E-state index in [4.69, 9.17) is 9.85 Å². The predicted octanol–water partition coefficient (Wildman–Crippen LogP) is 0.967. The quantitative estimate of drug-likeness (QED) is 0.775. The summed E-state index contributed by atoms with van der Waals surface area (Å²) in [5, 5.41) is 1.32. The molecule has 0 spiro atoms. The Morgan fingerprint density at radius 3 is 2.21 bits per heavy atom. The summed E-state index contributed by atoms with van der Waals surface area (Å²) in [6.07, 6.45) is 0.689.